The van der Waals surface area contributed by atoms with Gasteiger partial charge in [0.15, 0.2) is 0 Å². The molecule has 1 unspecified atom stereocenters. The largest absolute Gasteiger partial charge is 0.374 e. The summed E-state index contributed by atoms with van der Waals surface area (Å²) < 4.78 is 5.70. The van der Waals surface area contributed by atoms with E-state index >= 15 is 0 Å². The van der Waals surface area contributed by atoms with Crippen LogP contribution < -0.4 is 5.32 Å². The van der Waals surface area contributed by atoms with Gasteiger partial charge >= 0.3 is 0 Å². The Morgan fingerprint density at radius 2 is 1.88 bits per heavy atom. The van der Waals surface area contributed by atoms with Crippen molar-refractivity contribution in [2.45, 2.75) is 59.8 Å². The molecule has 5 nitrogen and oxygen atoms in total. The molecule has 2 amide bonds. The number of ether oxygens (including phenoxy) is 1. The van der Waals surface area contributed by atoms with Crippen LogP contribution in [0.3, 0.4) is 0 Å². The summed E-state index contributed by atoms with van der Waals surface area (Å²) in [6.07, 6.45) is 1.89. The van der Waals surface area contributed by atoms with E-state index in [1.165, 1.54) is 0 Å². The molecule has 0 bridgehead atoms. The summed E-state index contributed by atoms with van der Waals surface area (Å²) in [6.45, 7) is 10.2. The van der Waals surface area contributed by atoms with Crippen LogP contribution in [0.15, 0.2) is 24.3 Å². The second-order valence-electron chi connectivity index (χ2n) is 7.62. The molecule has 1 aromatic carbocycles. The maximum atomic E-state index is 12.6. The van der Waals surface area contributed by atoms with Crippen molar-refractivity contribution in [3.63, 3.8) is 0 Å². The van der Waals surface area contributed by atoms with E-state index in [9.17, 15) is 9.59 Å². The van der Waals surface area contributed by atoms with E-state index in [1.54, 1.807) is 0 Å². The number of hydrogen-bond donors (Lipinski definition) is 1. The number of piperidine rings is 1. The molecule has 0 saturated carbocycles. The summed E-state index contributed by atoms with van der Waals surface area (Å²) >= 11 is 0. The van der Waals surface area contributed by atoms with Gasteiger partial charge in [-0.25, -0.2) is 0 Å². The molecule has 26 heavy (non-hydrogen) atoms. The lowest BCUT2D eigenvalue weighted by molar-refractivity contribution is -0.138. The first kappa shape index (κ1) is 20.4. The number of hydrogen-bond acceptors (Lipinski definition) is 3. The van der Waals surface area contributed by atoms with Gasteiger partial charge in [0.1, 0.15) is 0 Å². The van der Waals surface area contributed by atoms with E-state index in [4.69, 9.17) is 4.74 Å². The molecule has 5 heteroatoms. The predicted molar refractivity (Wildman–Crippen MR) is 102 cm³/mol. The number of carbonyl (C=O) groups excluding carboxylic acids is 2. The zero-order chi connectivity index (χ0) is 19.1. The molecule has 1 N–H and O–H groups in total. The van der Waals surface area contributed by atoms with Crippen molar-refractivity contribution in [1.29, 1.82) is 0 Å². The maximum Gasteiger partial charge on any atom is 0.225 e. The maximum absolute atomic E-state index is 12.6. The van der Waals surface area contributed by atoms with E-state index in [-0.39, 0.29) is 29.8 Å². The first-order valence-electron chi connectivity index (χ1n) is 9.63. The van der Waals surface area contributed by atoms with Crippen LogP contribution in [0.25, 0.3) is 0 Å². The fourth-order valence-corrected chi connectivity index (χ4v) is 3.21. The number of rotatable bonds is 7. The molecule has 1 aliphatic rings. The first-order chi connectivity index (χ1) is 12.4. The zero-order valence-electron chi connectivity index (χ0n) is 16.5. The summed E-state index contributed by atoms with van der Waals surface area (Å²) in [5.41, 5.74) is 2.18. The van der Waals surface area contributed by atoms with Crippen LogP contribution in [0.1, 0.15) is 51.7 Å². The average Bonchev–Trinajstić information content (AvgIpc) is 2.64. The van der Waals surface area contributed by atoms with Crippen molar-refractivity contribution in [2.75, 3.05) is 13.1 Å². The van der Waals surface area contributed by atoms with Gasteiger partial charge in [0.2, 0.25) is 11.8 Å². The second kappa shape index (κ2) is 9.72. The highest BCUT2D eigenvalue weighted by molar-refractivity contribution is 5.82. The summed E-state index contributed by atoms with van der Waals surface area (Å²) in [6, 6.07) is 8.02. The van der Waals surface area contributed by atoms with Crippen LogP contribution >= 0.6 is 0 Å². The Hall–Kier alpha value is -1.88. The smallest absolute Gasteiger partial charge is 0.225 e. The lowest BCUT2D eigenvalue weighted by atomic mass is 9.96. The minimum atomic E-state index is -0.120. The monoisotopic (exact) mass is 360 g/mol. The molecule has 144 valence electrons. The van der Waals surface area contributed by atoms with Crippen molar-refractivity contribution >= 4 is 11.8 Å². The van der Waals surface area contributed by atoms with E-state index in [2.05, 4.69) is 5.32 Å². The topological polar surface area (TPSA) is 58.6 Å². The molecular weight excluding hydrogens is 328 g/mol. The number of likely N-dealkylation sites (tertiary alicyclic amines) is 1. The molecule has 0 radical (unpaired) electrons. The van der Waals surface area contributed by atoms with Gasteiger partial charge in [-0.3, -0.25) is 9.59 Å². The van der Waals surface area contributed by atoms with Crippen LogP contribution in [0.4, 0.5) is 0 Å². The number of amides is 2. The van der Waals surface area contributed by atoms with Crippen molar-refractivity contribution < 1.29 is 14.3 Å². The van der Waals surface area contributed by atoms with Gasteiger partial charge < -0.3 is 15.0 Å². The fourth-order valence-electron chi connectivity index (χ4n) is 3.21. The highest BCUT2D eigenvalue weighted by atomic mass is 16.5. The molecular formula is C21H32N2O3. The van der Waals surface area contributed by atoms with Crippen LogP contribution in [-0.2, 0) is 27.5 Å². The van der Waals surface area contributed by atoms with Gasteiger partial charge in [-0.2, -0.15) is 0 Å². The molecule has 1 fully saturated rings. The Bertz CT molecular complexity index is 613. The summed E-state index contributed by atoms with van der Waals surface area (Å²) in [5, 5.41) is 3.05. The Morgan fingerprint density at radius 1 is 1.19 bits per heavy atom. The fraction of sp³-hybridized carbons (Fsp3) is 0.619. The van der Waals surface area contributed by atoms with Gasteiger partial charge in [-0.05, 0) is 37.8 Å². The van der Waals surface area contributed by atoms with Crippen LogP contribution in [0.5, 0.6) is 0 Å². The van der Waals surface area contributed by atoms with Gasteiger partial charge in [0, 0.05) is 25.6 Å². The van der Waals surface area contributed by atoms with E-state index < -0.39 is 0 Å². The first-order valence-corrected chi connectivity index (χ1v) is 9.63. The number of carbonyl (C=O) groups is 2. The number of benzene rings is 1. The Kier molecular flexibility index (Phi) is 7.64. The molecule has 1 aliphatic heterocycles. The third-order valence-electron chi connectivity index (χ3n) is 4.74. The molecule has 0 spiro atoms. The average molecular weight is 360 g/mol. The normalized spacial score (nSPS) is 17.6. The highest BCUT2D eigenvalue weighted by Crippen LogP contribution is 2.19. The Labute approximate surface area is 157 Å². The third kappa shape index (κ3) is 5.84. The molecule has 1 aromatic rings. The van der Waals surface area contributed by atoms with E-state index in [1.807, 2.05) is 56.9 Å². The Balaban J connectivity index is 1.91. The third-order valence-corrected chi connectivity index (χ3v) is 4.74. The van der Waals surface area contributed by atoms with Crippen LogP contribution in [-0.4, -0.2) is 35.9 Å². The summed E-state index contributed by atoms with van der Waals surface area (Å²) in [4.78, 5) is 26.6. The van der Waals surface area contributed by atoms with Gasteiger partial charge in [0.05, 0.1) is 18.6 Å². The van der Waals surface area contributed by atoms with E-state index in [0.29, 0.717) is 19.7 Å². The SMILES string of the molecule is CC(C)OCc1ccccc1CNC(=O)C1CCCN(C(=O)C(C)C)C1. The molecule has 1 atom stereocenters. The lowest BCUT2D eigenvalue weighted by Gasteiger charge is -2.33. The molecule has 0 aliphatic carbocycles. The molecule has 2 rings (SSSR count). The minimum Gasteiger partial charge on any atom is -0.374 e. The lowest BCUT2D eigenvalue weighted by Crippen LogP contribution is -2.46. The van der Waals surface area contributed by atoms with E-state index in [0.717, 1.165) is 30.5 Å². The molecule has 1 heterocycles. The molecule has 1 saturated heterocycles. The molecule has 0 aromatic heterocycles. The summed E-state index contributed by atoms with van der Waals surface area (Å²) in [7, 11) is 0. The van der Waals surface area contributed by atoms with Crippen LogP contribution in [0, 0.1) is 11.8 Å². The second-order valence-corrected chi connectivity index (χ2v) is 7.62. The van der Waals surface area contributed by atoms with Gasteiger partial charge in [0.25, 0.3) is 0 Å². The van der Waals surface area contributed by atoms with Crippen LogP contribution in [0.2, 0.25) is 0 Å². The van der Waals surface area contributed by atoms with Gasteiger partial charge in [-0.15, -0.1) is 0 Å². The highest BCUT2D eigenvalue weighted by Gasteiger charge is 2.29. The van der Waals surface area contributed by atoms with Crippen molar-refractivity contribution in [2.24, 2.45) is 11.8 Å². The van der Waals surface area contributed by atoms with Crippen molar-refractivity contribution in [1.82, 2.24) is 10.2 Å². The van der Waals surface area contributed by atoms with Crippen molar-refractivity contribution in [3.8, 4) is 0 Å². The minimum absolute atomic E-state index is 0.0235. The Morgan fingerprint density at radius 3 is 2.54 bits per heavy atom. The number of nitrogens with one attached hydrogen (secondary N) is 1. The quantitative estimate of drug-likeness (QED) is 0.813. The standard InChI is InChI=1S/C21H32N2O3/c1-15(2)21(25)23-11-7-10-18(13-23)20(24)22-12-17-8-5-6-9-19(17)14-26-16(3)4/h5-6,8-9,15-16,18H,7,10-14H2,1-4H3,(H,22,24). The summed E-state index contributed by atoms with van der Waals surface area (Å²) in [5.74, 6) is 0.0275. The van der Waals surface area contributed by atoms with Crippen molar-refractivity contribution in [3.05, 3.63) is 35.4 Å². The predicted octanol–water partition coefficient (Wildman–Crippen LogP) is 3.12. The van der Waals surface area contributed by atoms with Gasteiger partial charge in [-0.1, -0.05) is 38.1 Å². The zero-order valence-corrected chi connectivity index (χ0v) is 16.5. The number of nitrogens with zero attached hydrogens (tertiary/aromatic N) is 1.